The number of anilines is 1. The molecular formula is C18H23N3O4S. The number of hydrazine groups is 1. The summed E-state index contributed by atoms with van der Waals surface area (Å²) in [5.74, 6) is 4.84. The Morgan fingerprint density at radius 3 is 2.50 bits per heavy atom. The predicted molar refractivity (Wildman–Crippen MR) is 100 cm³/mol. The van der Waals surface area contributed by atoms with Gasteiger partial charge in [0.25, 0.3) is 5.91 Å². The smallest absolute Gasteiger partial charge is 0.251 e. The van der Waals surface area contributed by atoms with Gasteiger partial charge >= 0.3 is 0 Å². The molecule has 0 saturated heterocycles. The number of aliphatic hydroxyl groups is 1. The quantitative estimate of drug-likeness (QED) is 0.295. The monoisotopic (exact) mass is 377 g/mol. The van der Waals surface area contributed by atoms with Gasteiger partial charge < -0.3 is 15.8 Å². The van der Waals surface area contributed by atoms with Crippen LogP contribution in [0.1, 0.15) is 22.3 Å². The normalized spacial score (nSPS) is 11.2. The molecule has 0 heterocycles. The Hall–Kier alpha value is -2.42. The van der Waals surface area contributed by atoms with Gasteiger partial charge in [-0.25, -0.2) is 8.42 Å². The summed E-state index contributed by atoms with van der Waals surface area (Å²) in [5, 5.41) is 11.8. The van der Waals surface area contributed by atoms with Crippen molar-refractivity contribution in [3.05, 3.63) is 59.7 Å². The van der Waals surface area contributed by atoms with Gasteiger partial charge in [-0.3, -0.25) is 10.6 Å². The second-order valence-corrected chi connectivity index (χ2v) is 7.81. The number of rotatable bonds is 9. The van der Waals surface area contributed by atoms with Gasteiger partial charge in [-0.1, -0.05) is 24.3 Å². The van der Waals surface area contributed by atoms with E-state index in [0.717, 1.165) is 0 Å². The molecule has 0 radical (unpaired) electrons. The average Bonchev–Trinajstić information content (AvgIpc) is 2.65. The maximum Gasteiger partial charge on any atom is 0.251 e. The van der Waals surface area contributed by atoms with Crippen molar-refractivity contribution in [1.82, 2.24) is 5.32 Å². The number of amides is 1. The van der Waals surface area contributed by atoms with Crippen LogP contribution in [0.15, 0.2) is 53.4 Å². The maximum atomic E-state index is 12.3. The van der Waals surface area contributed by atoms with E-state index in [1.807, 2.05) is 6.07 Å². The Balaban J connectivity index is 2.02. The number of aliphatic hydroxyl groups excluding tert-OH is 1. The van der Waals surface area contributed by atoms with E-state index in [9.17, 15) is 13.2 Å². The van der Waals surface area contributed by atoms with Crippen molar-refractivity contribution in [2.75, 3.05) is 24.3 Å². The van der Waals surface area contributed by atoms with Crippen LogP contribution in [0, 0.1) is 0 Å². The van der Waals surface area contributed by atoms with Gasteiger partial charge in [-0.05, 0) is 42.7 Å². The van der Waals surface area contributed by atoms with Crippen LogP contribution in [0.2, 0.25) is 0 Å². The molecule has 0 unspecified atom stereocenters. The SMILES string of the molecule is NNc1ccc(CCCNC(=O)c2ccccc2)c(S(=O)(=O)CCO)c1. The molecule has 0 aliphatic heterocycles. The third kappa shape index (κ3) is 5.29. The molecule has 0 atom stereocenters. The molecule has 0 aromatic heterocycles. The molecule has 8 heteroatoms. The Bertz CT molecular complexity index is 839. The summed E-state index contributed by atoms with van der Waals surface area (Å²) in [6.45, 7) is -0.0285. The largest absolute Gasteiger partial charge is 0.395 e. The van der Waals surface area contributed by atoms with Gasteiger partial charge in [0.1, 0.15) is 0 Å². The first-order valence-electron chi connectivity index (χ1n) is 8.24. The van der Waals surface area contributed by atoms with Crippen LogP contribution in [0.4, 0.5) is 5.69 Å². The topological polar surface area (TPSA) is 122 Å². The zero-order valence-corrected chi connectivity index (χ0v) is 15.1. The molecule has 2 aromatic rings. The third-order valence-electron chi connectivity index (χ3n) is 3.87. The molecule has 26 heavy (non-hydrogen) atoms. The first-order valence-corrected chi connectivity index (χ1v) is 9.89. The minimum Gasteiger partial charge on any atom is -0.395 e. The van der Waals surface area contributed by atoms with Gasteiger partial charge in [0.15, 0.2) is 9.84 Å². The Morgan fingerprint density at radius 1 is 1.12 bits per heavy atom. The number of hydrogen-bond acceptors (Lipinski definition) is 6. The van der Waals surface area contributed by atoms with Crippen molar-refractivity contribution in [2.45, 2.75) is 17.7 Å². The molecule has 5 N–H and O–H groups in total. The standard InChI is InChI=1S/C18H23N3O4S/c19-21-16-9-8-14(17(13-16)26(24,25)12-11-22)7-4-10-20-18(23)15-5-2-1-3-6-15/h1-3,5-6,8-9,13,21-22H,4,7,10-12,19H2,(H,20,23). The molecule has 0 bridgehead atoms. The summed E-state index contributed by atoms with van der Waals surface area (Å²) < 4.78 is 24.7. The van der Waals surface area contributed by atoms with Crippen molar-refractivity contribution in [1.29, 1.82) is 0 Å². The van der Waals surface area contributed by atoms with E-state index in [2.05, 4.69) is 10.7 Å². The van der Waals surface area contributed by atoms with Gasteiger partial charge in [-0.15, -0.1) is 0 Å². The van der Waals surface area contributed by atoms with E-state index in [1.165, 1.54) is 6.07 Å². The van der Waals surface area contributed by atoms with Crippen LogP contribution in [0.5, 0.6) is 0 Å². The van der Waals surface area contributed by atoms with Gasteiger partial charge in [-0.2, -0.15) is 0 Å². The molecule has 0 spiro atoms. The maximum absolute atomic E-state index is 12.3. The third-order valence-corrected chi connectivity index (χ3v) is 5.64. The van der Waals surface area contributed by atoms with E-state index >= 15 is 0 Å². The number of nitrogens with one attached hydrogen (secondary N) is 2. The highest BCUT2D eigenvalue weighted by molar-refractivity contribution is 7.91. The minimum atomic E-state index is -3.60. The number of sulfone groups is 1. The molecule has 2 rings (SSSR count). The molecule has 0 aliphatic rings. The average molecular weight is 377 g/mol. The predicted octanol–water partition coefficient (Wildman–Crippen LogP) is 1.10. The fourth-order valence-electron chi connectivity index (χ4n) is 2.54. The van der Waals surface area contributed by atoms with Gasteiger partial charge in [0, 0.05) is 17.8 Å². The molecule has 0 aliphatic carbocycles. The Kier molecular flexibility index (Phi) is 7.14. The van der Waals surface area contributed by atoms with E-state index in [4.69, 9.17) is 10.9 Å². The molecule has 0 fully saturated rings. The van der Waals surface area contributed by atoms with Crippen LogP contribution in [-0.4, -0.2) is 38.3 Å². The highest BCUT2D eigenvalue weighted by Gasteiger charge is 2.18. The van der Waals surface area contributed by atoms with Crippen LogP contribution in [0.3, 0.4) is 0 Å². The van der Waals surface area contributed by atoms with Crippen LogP contribution >= 0.6 is 0 Å². The number of carbonyl (C=O) groups excluding carboxylic acids is 1. The van der Waals surface area contributed by atoms with Crippen LogP contribution in [-0.2, 0) is 16.3 Å². The van der Waals surface area contributed by atoms with Crippen LogP contribution < -0.4 is 16.6 Å². The second kappa shape index (κ2) is 9.33. The van der Waals surface area contributed by atoms with Crippen molar-refractivity contribution < 1.29 is 18.3 Å². The number of nitrogens with two attached hydrogens (primary N) is 1. The fraction of sp³-hybridized carbons (Fsp3) is 0.278. The number of carbonyl (C=O) groups is 1. The molecule has 2 aromatic carbocycles. The van der Waals surface area contributed by atoms with E-state index in [-0.39, 0.29) is 16.6 Å². The first kappa shape index (κ1) is 19.9. The van der Waals surface area contributed by atoms with Crippen LogP contribution in [0.25, 0.3) is 0 Å². The highest BCUT2D eigenvalue weighted by atomic mass is 32.2. The molecular weight excluding hydrogens is 354 g/mol. The summed E-state index contributed by atoms with van der Waals surface area (Å²) in [6, 6.07) is 13.7. The summed E-state index contributed by atoms with van der Waals surface area (Å²) in [4.78, 5) is 12.1. The summed E-state index contributed by atoms with van der Waals surface area (Å²) >= 11 is 0. The highest BCUT2D eigenvalue weighted by Crippen LogP contribution is 2.23. The second-order valence-electron chi connectivity index (χ2n) is 5.73. The summed E-state index contributed by atoms with van der Waals surface area (Å²) in [5.41, 5.74) is 4.11. The van der Waals surface area contributed by atoms with E-state index in [1.54, 1.807) is 36.4 Å². The number of benzene rings is 2. The fourth-order valence-corrected chi connectivity index (χ4v) is 3.88. The lowest BCUT2D eigenvalue weighted by Crippen LogP contribution is -2.24. The van der Waals surface area contributed by atoms with E-state index < -0.39 is 16.4 Å². The van der Waals surface area contributed by atoms with Crippen molar-refractivity contribution in [3.63, 3.8) is 0 Å². The van der Waals surface area contributed by atoms with Crippen molar-refractivity contribution in [3.8, 4) is 0 Å². The number of nitrogen functional groups attached to an aromatic ring is 1. The van der Waals surface area contributed by atoms with E-state index in [0.29, 0.717) is 36.2 Å². The lowest BCUT2D eigenvalue weighted by atomic mass is 10.1. The summed E-state index contributed by atoms with van der Waals surface area (Å²) in [6.07, 6.45) is 1.05. The molecule has 0 saturated carbocycles. The lowest BCUT2D eigenvalue weighted by Gasteiger charge is -2.12. The van der Waals surface area contributed by atoms with Crippen molar-refractivity contribution in [2.24, 2.45) is 5.84 Å². The molecule has 7 nitrogen and oxygen atoms in total. The summed E-state index contributed by atoms with van der Waals surface area (Å²) in [7, 11) is -3.60. The van der Waals surface area contributed by atoms with Crippen molar-refractivity contribution >= 4 is 21.4 Å². The minimum absolute atomic E-state index is 0.149. The Morgan fingerprint density at radius 2 is 1.85 bits per heavy atom. The number of hydrogen-bond donors (Lipinski definition) is 4. The first-order chi connectivity index (χ1) is 12.5. The molecule has 140 valence electrons. The number of aryl methyl sites for hydroxylation is 1. The van der Waals surface area contributed by atoms with Gasteiger partial charge in [0.2, 0.25) is 0 Å². The zero-order chi connectivity index (χ0) is 19.0. The Labute approximate surface area is 153 Å². The lowest BCUT2D eigenvalue weighted by molar-refractivity contribution is 0.0953. The van der Waals surface area contributed by atoms with Gasteiger partial charge in [0.05, 0.1) is 17.3 Å². The molecule has 1 amide bonds. The zero-order valence-electron chi connectivity index (χ0n) is 14.3.